The van der Waals surface area contributed by atoms with Gasteiger partial charge >= 0.3 is 0 Å². The van der Waals surface area contributed by atoms with Crippen molar-refractivity contribution in [1.29, 1.82) is 0 Å². The van der Waals surface area contributed by atoms with Gasteiger partial charge in [-0.2, -0.15) is 0 Å². The summed E-state index contributed by atoms with van der Waals surface area (Å²) >= 11 is 0. The number of hydrogen-bond donors (Lipinski definition) is 9. The first kappa shape index (κ1) is 34.8. The second kappa shape index (κ2) is 16.9. The minimum Gasteiger partial charge on any atom is -0.505 e. The number of nitrogens with one attached hydrogen (secondary N) is 3. The Morgan fingerprint density at radius 2 is 1.32 bits per heavy atom. The molecular formula is C31H45N5O8. The Labute approximate surface area is 257 Å². The van der Waals surface area contributed by atoms with Crippen LogP contribution in [0.3, 0.4) is 0 Å². The zero-order chi connectivity index (χ0) is 32.2. The Balaban J connectivity index is 1.78. The quantitative estimate of drug-likeness (QED) is 0.169. The van der Waals surface area contributed by atoms with E-state index in [0.29, 0.717) is 37.3 Å². The van der Waals surface area contributed by atoms with E-state index in [2.05, 4.69) is 25.8 Å². The summed E-state index contributed by atoms with van der Waals surface area (Å²) in [7, 11) is 0. The molecule has 1 aliphatic rings. The number of rotatable bonds is 10. The standard InChI is InChI=1S/C31H45N5O8/c1-20-12-22(28(41)24(14-20)33-30(43)26(39)18-37)16-35-8-3-6-32-7-4-9-36(11-5-10-35)17-23-13-21(2)15-25(29(23)42)34-31(44)27(40)19-38/h5,10,12-15,26-27,32,37-42H,3-4,6-9,11,16-19H2,1-2H3,(H,33,43)(H,34,44)/b10-5-. The number of phenolic OH excluding ortho intramolecular Hbond substituents is 2. The van der Waals surface area contributed by atoms with Crippen LogP contribution in [0.1, 0.15) is 35.1 Å². The second-order valence-electron chi connectivity index (χ2n) is 11.1. The molecule has 0 radical (unpaired) electrons. The lowest BCUT2D eigenvalue weighted by atomic mass is 10.1. The van der Waals surface area contributed by atoms with Gasteiger partial charge in [0, 0.05) is 43.9 Å². The maximum atomic E-state index is 12.1. The van der Waals surface area contributed by atoms with Gasteiger partial charge in [0.25, 0.3) is 11.8 Å². The number of aromatic hydroxyl groups is 2. The van der Waals surface area contributed by atoms with Gasteiger partial charge in [-0.1, -0.05) is 18.2 Å². The number of aliphatic hydroxyl groups excluding tert-OH is 4. The van der Waals surface area contributed by atoms with Crippen molar-refractivity contribution in [3.05, 3.63) is 58.8 Å². The first-order valence-electron chi connectivity index (χ1n) is 14.7. The molecule has 1 aliphatic heterocycles. The molecule has 9 N–H and O–H groups in total. The monoisotopic (exact) mass is 615 g/mol. The number of amides is 2. The molecule has 2 aromatic rings. The molecule has 0 aliphatic carbocycles. The van der Waals surface area contributed by atoms with Crippen LogP contribution in [0.25, 0.3) is 0 Å². The van der Waals surface area contributed by atoms with E-state index in [0.717, 1.165) is 43.6 Å². The van der Waals surface area contributed by atoms with E-state index in [1.807, 2.05) is 38.3 Å². The summed E-state index contributed by atoms with van der Waals surface area (Å²) in [5, 5.41) is 67.7. The second-order valence-corrected chi connectivity index (χ2v) is 11.1. The van der Waals surface area contributed by atoms with Crippen LogP contribution in [0.2, 0.25) is 0 Å². The van der Waals surface area contributed by atoms with Crippen molar-refractivity contribution in [3.63, 3.8) is 0 Å². The van der Waals surface area contributed by atoms with Crippen molar-refractivity contribution in [2.45, 2.75) is 52.0 Å². The largest absolute Gasteiger partial charge is 0.505 e. The van der Waals surface area contributed by atoms with Gasteiger partial charge in [0.1, 0.15) is 11.5 Å². The lowest BCUT2D eigenvalue weighted by Gasteiger charge is -2.26. The molecule has 2 atom stereocenters. The molecule has 0 saturated carbocycles. The average Bonchev–Trinajstić information content (AvgIpc) is 2.98. The smallest absolute Gasteiger partial charge is 0.255 e. The zero-order valence-electron chi connectivity index (χ0n) is 25.3. The Bertz CT molecular complexity index is 1300. The molecule has 44 heavy (non-hydrogen) atoms. The normalized spacial score (nSPS) is 17.2. The van der Waals surface area contributed by atoms with Crippen LogP contribution in [0.5, 0.6) is 11.5 Å². The third kappa shape index (κ3) is 10.2. The molecule has 0 fully saturated rings. The molecule has 0 spiro atoms. The van der Waals surface area contributed by atoms with Crippen LogP contribution < -0.4 is 16.0 Å². The van der Waals surface area contributed by atoms with E-state index in [9.17, 15) is 30.0 Å². The van der Waals surface area contributed by atoms with Crippen molar-refractivity contribution in [2.75, 3.05) is 56.6 Å². The van der Waals surface area contributed by atoms with E-state index in [1.165, 1.54) is 0 Å². The van der Waals surface area contributed by atoms with Gasteiger partial charge in [0.15, 0.2) is 12.2 Å². The number of aliphatic hydroxyl groups is 4. The fourth-order valence-electron chi connectivity index (χ4n) is 4.94. The van der Waals surface area contributed by atoms with E-state index < -0.39 is 37.2 Å². The first-order chi connectivity index (χ1) is 21.0. The molecule has 242 valence electrons. The molecule has 2 amide bonds. The Kier molecular flexibility index (Phi) is 13.4. The number of carbonyl (C=O) groups is 2. The van der Waals surface area contributed by atoms with E-state index in [-0.39, 0.29) is 22.9 Å². The van der Waals surface area contributed by atoms with Gasteiger partial charge < -0.3 is 51.5 Å². The van der Waals surface area contributed by atoms with Crippen LogP contribution in [-0.4, -0.2) is 110 Å². The number of anilines is 2. The maximum absolute atomic E-state index is 12.1. The summed E-state index contributed by atoms with van der Waals surface area (Å²) < 4.78 is 0. The highest BCUT2D eigenvalue weighted by Crippen LogP contribution is 2.32. The van der Waals surface area contributed by atoms with Crippen molar-refractivity contribution in [1.82, 2.24) is 15.1 Å². The average molecular weight is 616 g/mol. The van der Waals surface area contributed by atoms with Crippen LogP contribution in [0.4, 0.5) is 11.4 Å². The lowest BCUT2D eigenvalue weighted by molar-refractivity contribution is -0.126. The molecule has 13 nitrogen and oxygen atoms in total. The van der Waals surface area contributed by atoms with Crippen molar-refractivity contribution < 1.29 is 40.2 Å². The molecule has 2 unspecified atom stereocenters. The van der Waals surface area contributed by atoms with Crippen LogP contribution >= 0.6 is 0 Å². The number of phenols is 2. The molecule has 1 heterocycles. The number of hydrogen-bond acceptors (Lipinski definition) is 11. The minimum absolute atomic E-state index is 0.103. The highest BCUT2D eigenvalue weighted by atomic mass is 16.3. The zero-order valence-corrected chi connectivity index (χ0v) is 25.3. The van der Waals surface area contributed by atoms with Gasteiger partial charge in [-0.3, -0.25) is 14.5 Å². The van der Waals surface area contributed by atoms with Crippen molar-refractivity contribution in [2.24, 2.45) is 0 Å². The molecule has 0 bridgehead atoms. The van der Waals surface area contributed by atoms with Crippen molar-refractivity contribution >= 4 is 23.2 Å². The SMILES string of the molecule is Cc1cc(CN2/C=C\CN(Cc3cc(C)cc(NC(=O)C(O)CO)c3O)CCCNCCC2)c(O)c(NC(=O)C(O)CO)c1. The fraction of sp³-hybridized carbons (Fsp3) is 0.484. The number of benzene rings is 2. The summed E-state index contributed by atoms with van der Waals surface area (Å²) in [4.78, 5) is 28.4. The predicted molar refractivity (Wildman–Crippen MR) is 166 cm³/mol. The highest BCUT2D eigenvalue weighted by molar-refractivity contribution is 5.96. The Morgan fingerprint density at radius 1 is 0.818 bits per heavy atom. The molecule has 0 saturated heterocycles. The summed E-state index contributed by atoms with van der Waals surface area (Å²) in [6.07, 6.45) is 2.52. The van der Waals surface area contributed by atoms with Gasteiger partial charge in [-0.05, 0) is 69.2 Å². The molecular weight excluding hydrogens is 570 g/mol. The topological polar surface area (TPSA) is 198 Å². The van der Waals surface area contributed by atoms with E-state index >= 15 is 0 Å². The minimum atomic E-state index is -1.60. The predicted octanol–water partition coefficient (Wildman–Crippen LogP) is 0.499. The molecule has 0 aromatic heterocycles. The van der Waals surface area contributed by atoms with Gasteiger partial charge in [-0.25, -0.2) is 0 Å². The summed E-state index contributed by atoms with van der Waals surface area (Å²) in [5.74, 6) is -1.84. The third-order valence-electron chi connectivity index (χ3n) is 7.21. The number of nitrogens with zero attached hydrogens (tertiary/aromatic N) is 2. The fourth-order valence-corrected chi connectivity index (χ4v) is 4.94. The number of aryl methyl sites for hydroxylation is 2. The third-order valence-corrected chi connectivity index (χ3v) is 7.21. The molecule has 2 aromatic carbocycles. The summed E-state index contributed by atoms with van der Waals surface area (Å²) in [5.41, 5.74) is 3.12. The Hall–Kier alpha value is -3.72. The highest BCUT2D eigenvalue weighted by Gasteiger charge is 2.20. The summed E-state index contributed by atoms with van der Waals surface area (Å²) in [6.45, 7) is 6.55. The van der Waals surface area contributed by atoms with Gasteiger partial charge in [0.2, 0.25) is 0 Å². The van der Waals surface area contributed by atoms with Crippen LogP contribution in [-0.2, 0) is 22.7 Å². The Morgan fingerprint density at radius 3 is 1.84 bits per heavy atom. The van der Waals surface area contributed by atoms with Gasteiger partial charge in [-0.15, -0.1) is 0 Å². The first-order valence-corrected chi connectivity index (χ1v) is 14.7. The summed E-state index contributed by atoms with van der Waals surface area (Å²) in [6, 6.07) is 6.87. The van der Waals surface area contributed by atoms with E-state index in [1.54, 1.807) is 12.1 Å². The maximum Gasteiger partial charge on any atom is 0.255 e. The number of carbonyl (C=O) groups excluding carboxylic acids is 2. The molecule has 3 rings (SSSR count). The lowest BCUT2D eigenvalue weighted by Crippen LogP contribution is -2.31. The van der Waals surface area contributed by atoms with Crippen LogP contribution in [0, 0.1) is 13.8 Å². The van der Waals surface area contributed by atoms with Crippen molar-refractivity contribution in [3.8, 4) is 11.5 Å². The van der Waals surface area contributed by atoms with Gasteiger partial charge in [0.05, 0.1) is 24.6 Å². The van der Waals surface area contributed by atoms with E-state index in [4.69, 9.17) is 10.2 Å². The molecule has 13 heteroatoms. The van der Waals surface area contributed by atoms with Crippen LogP contribution in [0.15, 0.2) is 36.5 Å².